The van der Waals surface area contributed by atoms with Gasteiger partial charge in [-0.2, -0.15) is 5.10 Å². The molecule has 7 nitrogen and oxygen atoms in total. The van der Waals surface area contributed by atoms with Gasteiger partial charge in [-0.15, -0.1) is 0 Å². The Morgan fingerprint density at radius 2 is 1.36 bits per heavy atom. The average molecular weight is 582 g/mol. The normalized spacial score (nSPS) is 16.7. The number of Topliss-reactive ketones (excluding diaryl/α,β-unsaturated/α-hetero) is 1. The van der Waals surface area contributed by atoms with Crippen LogP contribution in [-0.2, 0) is 21.4 Å². The summed E-state index contributed by atoms with van der Waals surface area (Å²) in [6, 6.07) is 30.8. The maximum absolute atomic E-state index is 14.2. The van der Waals surface area contributed by atoms with Gasteiger partial charge in [0.1, 0.15) is 11.1 Å². The fourth-order valence-electron chi connectivity index (χ4n) is 6.02. The smallest absolute Gasteiger partial charge is 0.355 e. The lowest BCUT2D eigenvalue weighted by Gasteiger charge is -2.51. The minimum absolute atomic E-state index is 0.0335. The summed E-state index contributed by atoms with van der Waals surface area (Å²) in [5.41, 5.74) is 1.50. The van der Waals surface area contributed by atoms with Crippen molar-refractivity contribution in [2.24, 2.45) is 18.9 Å². The summed E-state index contributed by atoms with van der Waals surface area (Å²) in [5.74, 6) is -1.38. The first kappa shape index (κ1) is 29.3. The van der Waals surface area contributed by atoms with E-state index in [9.17, 15) is 14.4 Å². The van der Waals surface area contributed by atoms with E-state index >= 15 is 0 Å². The predicted octanol–water partition coefficient (Wildman–Crippen LogP) is 4.08. The second-order valence-corrected chi connectivity index (χ2v) is 14.3. The first-order valence-electron chi connectivity index (χ1n) is 14.1. The molecule has 5 rings (SSSR count). The molecule has 42 heavy (non-hydrogen) atoms. The Hall–Kier alpha value is -4.22. The molecule has 3 aromatic carbocycles. The van der Waals surface area contributed by atoms with Crippen molar-refractivity contribution in [3.63, 3.8) is 0 Å². The zero-order valence-electron chi connectivity index (χ0n) is 24.6. The van der Waals surface area contributed by atoms with Crippen LogP contribution in [0.4, 0.5) is 0 Å². The lowest BCUT2D eigenvalue weighted by Crippen LogP contribution is -2.67. The van der Waals surface area contributed by atoms with Crippen molar-refractivity contribution in [3.8, 4) is 0 Å². The summed E-state index contributed by atoms with van der Waals surface area (Å²) < 4.78 is 7.16. The maximum atomic E-state index is 14.2. The van der Waals surface area contributed by atoms with Crippen LogP contribution in [-0.4, -0.2) is 50.9 Å². The number of hydrogen-bond donors (Lipinski definition) is 0. The number of amides is 1. The van der Waals surface area contributed by atoms with Gasteiger partial charge in [0.2, 0.25) is 5.91 Å². The number of benzene rings is 3. The number of esters is 1. The molecular formula is C34H36N3O4P. The predicted molar refractivity (Wildman–Crippen MR) is 168 cm³/mol. The summed E-state index contributed by atoms with van der Waals surface area (Å²) in [4.78, 5) is 43.5. The minimum Gasteiger partial charge on any atom is -0.464 e. The van der Waals surface area contributed by atoms with Gasteiger partial charge in [-0.3, -0.25) is 14.3 Å². The van der Waals surface area contributed by atoms with Crippen molar-refractivity contribution in [2.75, 3.05) is 7.11 Å². The van der Waals surface area contributed by atoms with E-state index in [-0.39, 0.29) is 29.4 Å². The average Bonchev–Trinajstić information content (AvgIpc) is 3.35. The molecule has 1 aliphatic rings. The number of carbonyl (C=O) groups excluding carboxylic acids is 3. The van der Waals surface area contributed by atoms with Crippen LogP contribution in [0.25, 0.3) is 0 Å². The van der Waals surface area contributed by atoms with E-state index in [1.54, 1.807) is 22.7 Å². The quantitative estimate of drug-likeness (QED) is 0.129. The molecule has 1 aliphatic heterocycles. The fourth-order valence-corrected chi connectivity index (χ4v) is 10.4. The van der Waals surface area contributed by atoms with E-state index in [1.165, 1.54) is 7.11 Å². The third-order valence-corrected chi connectivity index (χ3v) is 12.4. The minimum atomic E-state index is -2.99. The summed E-state index contributed by atoms with van der Waals surface area (Å²) in [6.45, 7) is 2.86. The Morgan fingerprint density at radius 1 is 0.881 bits per heavy atom. The molecule has 1 amide bonds. The molecule has 4 aromatic rings. The third kappa shape index (κ3) is 4.92. The first-order valence-corrected chi connectivity index (χ1v) is 15.9. The van der Waals surface area contributed by atoms with Gasteiger partial charge in [0.15, 0.2) is 5.78 Å². The summed E-state index contributed by atoms with van der Waals surface area (Å²) in [5, 5.41) is 7.13. The zero-order valence-corrected chi connectivity index (χ0v) is 25.5. The van der Waals surface area contributed by atoms with Crippen LogP contribution in [0, 0.1) is 18.8 Å². The highest BCUT2D eigenvalue weighted by Crippen LogP contribution is 2.50. The molecule has 8 heteroatoms. The van der Waals surface area contributed by atoms with Crippen LogP contribution in [0.2, 0.25) is 0 Å². The van der Waals surface area contributed by atoms with E-state index in [1.807, 2.05) is 112 Å². The van der Waals surface area contributed by atoms with Gasteiger partial charge in [0, 0.05) is 26.0 Å². The number of hydrogen-bond acceptors (Lipinski definition) is 5. The van der Waals surface area contributed by atoms with Gasteiger partial charge in [-0.05, 0) is 34.8 Å². The molecule has 0 bridgehead atoms. The molecule has 0 unspecified atom stereocenters. The van der Waals surface area contributed by atoms with Crippen molar-refractivity contribution in [3.05, 3.63) is 108 Å². The van der Waals surface area contributed by atoms with E-state index in [0.717, 1.165) is 21.6 Å². The number of methoxy groups -OCH3 is 1. The summed E-state index contributed by atoms with van der Waals surface area (Å²) >= 11 is 0. The Labute approximate surface area is 247 Å². The number of likely N-dealkylation sites (tertiary alicyclic amines) is 1. The van der Waals surface area contributed by atoms with Gasteiger partial charge >= 0.3 is 5.97 Å². The maximum Gasteiger partial charge on any atom is 0.355 e. The standard InChI is InChI=1S/C34H36N3O4P/c1-23(2)31-29(22-30(38)28-21-24(3)36(4)35-28)37(32(31)39)33(34(40)41-5)42(25-15-9-6-10-16-25,26-17-11-7-12-18-26)27-19-13-8-14-20-27/h6-21,23,29,31H,22H2,1-5H3/t29-,31-/m1/s1. The molecular weight excluding hydrogens is 545 g/mol. The van der Waals surface area contributed by atoms with Gasteiger partial charge < -0.3 is 9.64 Å². The number of rotatable bonds is 9. The Bertz CT molecular complexity index is 1540. The van der Waals surface area contributed by atoms with Crippen LogP contribution in [0.1, 0.15) is 36.5 Å². The number of aryl methyl sites for hydroxylation is 2. The Morgan fingerprint density at radius 3 is 1.74 bits per heavy atom. The van der Waals surface area contributed by atoms with Crippen molar-refractivity contribution >= 4 is 45.9 Å². The Balaban J connectivity index is 1.84. The van der Waals surface area contributed by atoms with Crippen molar-refractivity contribution in [2.45, 2.75) is 33.2 Å². The van der Waals surface area contributed by atoms with E-state index in [4.69, 9.17) is 4.74 Å². The topological polar surface area (TPSA) is 81.5 Å². The molecule has 0 radical (unpaired) electrons. The van der Waals surface area contributed by atoms with Crippen molar-refractivity contribution in [1.82, 2.24) is 14.7 Å². The number of ether oxygens (including phenoxy) is 1. The molecule has 0 N–H and O–H groups in total. The molecule has 0 aliphatic carbocycles. The van der Waals surface area contributed by atoms with Gasteiger partial charge in [0.05, 0.1) is 19.1 Å². The summed E-state index contributed by atoms with van der Waals surface area (Å²) in [6.07, 6.45) is 0.0455. The molecule has 1 fully saturated rings. The van der Waals surface area contributed by atoms with Crippen LogP contribution in [0.5, 0.6) is 0 Å². The molecule has 0 saturated carbocycles. The van der Waals surface area contributed by atoms with E-state index < -0.39 is 24.8 Å². The number of β-lactam (4-membered cyclic amide) rings is 1. The first-order chi connectivity index (χ1) is 20.2. The molecule has 1 saturated heterocycles. The van der Waals surface area contributed by atoms with Crippen LogP contribution in [0.3, 0.4) is 0 Å². The molecule has 1 aromatic heterocycles. The number of ketones is 1. The van der Waals surface area contributed by atoms with Gasteiger partial charge in [-0.25, -0.2) is 4.79 Å². The van der Waals surface area contributed by atoms with Gasteiger partial charge in [-0.1, -0.05) is 105 Å². The van der Waals surface area contributed by atoms with Crippen molar-refractivity contribution < 1.29 is 19.1 Å². The van der Waals surface area contributed by atoms with Crippen LogP contribution >= 0.6 is 6.89 Å². The third-order valence-electron chi connectivity index (χ3n) is 8.13. The monoisotopic (exact) mass is 581 g/mol. The molecule has 216 valence electrons. The molecule has 2 heterocycles. The number of carbonyl (C=O) groups is 3. The highest BCUT2D eigenvalue weighted by atomic mass is 31.2. The van der Waals surface area contributed by atoms with Crippen molar-refractivity contribution in [1.29, 1.82) is 0 Å². The number of aromatic nitrogens is 2. The Kier molecular flexibility index (Phi) is 8.33. The fraction of sp³-hybridized carbons (Fsp3) is 0.265. The zero-order chi connectivity index (χ0) is 30.0. The van der Waals surface area contributed by atoms with E-state index in [0.29, 0.717) is 5.69 Å². The lowest BCUT2D eigenvalue weighted by molar-refractivity contribution is -0.153. The lowest BCUT2D eigenvalue weighted by atomic mass is 9.76. The highest BCUT2D eigenvalue weighted by Gasteiger charge is 2.55. The second kappa shape index (κ2) is 11.9. The second-order valence-electron chi connectivity index (χ2n) is 11.0. The largest absolute Gasteiger partial charge is 0.464 e. The molecule has 0 spiro atoms. The van der Waals surface area contributed by atoms with Gasteiger partial charge in [0.25, 0.3) is 0 Å². The van der Waals surface area contributed by atoms with E-state index in [2.05, 4.69) is 5.10 Å². The number of nitrogens with zero attached hydrogens (tertiary/aromatic N) is 3. The molecule has 2 atom stereocenters. The SMILES string of the molecule is COC(=O)C(N1C(=O)[C@H](C(C)C)[C@H]1CC(=O)c1cc(C)n(C)n1)=P(c1ccccc1)(c1ccccc1)c1ccccc1. The highest BCUT2D eigenvalue weighted by molar-refractivity contribution is 7.96. The van der Waals surface area contributed by atoms with Crippen LogP contribution in [0.15, 0.2) is 97.1 Å². The van der Waals surface area contributed by atoms with Crippen LogP contribution < -0.4 is 15.9 Å². The summed E-state index contributed by atoms with van der Waals surface area (Å²) in [7, 11) is 3.14.